The Hall–Kier alpha value is -4.13. The minimum absolute atomic E-state index is 0.221. The second-order valence-electron chi connectivity index (χ2n) is 9.81. The fraction of sp³-hybridized carbons (Fsp3) is 0.323. The van der Waals surface area contributed by atoms with Crippen LogP contribution in [0.5, 0.6) is 5.75 Å². The van der Waals surface area contributed by atoms with Gasteiger partial charge in [-0.3, -0.25) is 4.79 Å². The Morgan fingerprint density at radius 1 is 1.03 bits per heavy atom. The first-order valence-electron chi connectivity index (χ1n) is 12.6. The lowest BCUT2D eigenvalue weighted by Gasteiger charge is -2.40. The molecule has 1 N–H and O–H groups in total. The highest BCUT2D eigenvalue weighted by molar-refractivity contribution is 6.04. The summed E-state index contributed by atoms with van der Waals surface area (Å²) in [5, 5.41) is 22.2. The van der Waals surface area contributed by atoms with E-state index in [-0.39, 0.29) is 5.91 Å². The third-order valence-electron chi connectivity index (χ3n) is 7.26. The Bertz CT molecular complexity index is 1340. The minimum atomic E-state index is -0.654. The van der Waals surface area contributed by atoms with Gasteiger partial charge in [0.05, 0.1) is 31.1 Å². The summed E-state index contributed by atoms with van der Waals surface area (Å²) in [5.74, 6) is 0.446. The second kappa shape index (κ2) is 11.3. The van der Waals surface area contributed by atoms with Crippen LogP contribution in [0, 0.1) is 22.7 Å². The van der Waals surface area contributed by atoms with Crippen molar-refractivity contribution in [2.45, 2.75) is 44.6 Å². The van der Waals surface area contributed by atoms with E-state index in [0.717, 1.165) is 35.3 Å². The van der Waals surface area contributed by atoms with Crippen molar-refractivity contribution >= 4 is 11.6 Å². The molecule has 0 unspecified atom stereocenters. The van der Waals surface area contributed by atoms with Gasteiger partial charge in [0.2, 0.25) is 0 Å². The van der Waals surface area contributed by atoms with Gasteiger partial charge in [-0.1, -0.05) is 36.4 Å². The Morgan fingerprint density at radius 3 is 2.38 bits per heavy atom. The Kier molecular flexibility index (Phi) is 7.92. The molecule has 1 fully saturated rings. The molecule has 0 spiro atoms. The number of hydrogen-bond donors (Lipinski definition) is 1. The van der Waals surface area contributed by atoms with E-state index in [1.165, 1.54) is 0 Å². The molecule has 0 saturated carbocycles. The van der Waals surface area contributed by atoms with Crippen LogP contribution < -0.4 is 10.1 Å². The van der Waals surface area contributed by atoms with Crippen LogP contribution in [0.4, 0.5) is 5.69 Å². The lowest BCUT2D eigenvalue weighted by atomic mass is 9.73. The maximum Gasteiger partial charge on any atom is 0.255 e. The zero-order valence-electron chi connectivity index (χ0n) is 21.6. The number of amides is 1. The standard InChI is InChI=1S/C31H32N4O2/c1-22(2)35-17-14-31(21-33,15-18-35)28-20-27(11-12-29(28)37-3)34-30(36)25-9-7-24(8-10-25)26-6-4-5-23(19-26)13-16-32/h4-12,19-20,22H,13-15,17-18H2,1-3H3,(H,34,36). The number of nitriles is 2. The van der Waals surface area contributed by atoms with Crippen LogP contribution in [0.15, 0.2) is 66.7 Å². The van der Waals surface area contributed by atoms with Crippen LogP contribution in [0.3, 0.4) is 0 Å². The van der Waals surface area contributed by atoms with Gasteiger partial charge >= 0.3 is 0 Å². The molecule has 1 amide bonds. The number of piperidine rings is 1. The zero-order chi connectivity index (χ0) is 26.4. The van der Waals surface area contributed by atoms with Crippen molar-refractivity contribution < 1.29 is 9.53 Å². The third-order valence-corrected chi connectivity index (χ3v) is 7.26. The highest BCUT2D eigenvalue weighted by Crippen LogP contribution is 2.41. The predicted octanol–water partition coefficient (Wildman–Crippen LogP) is 5.95. The highest BCUT2D eigenvalue weighted by atomic mass is 16.5. The number of methoxy groups -OCH3 is 1. The SMILES string of the molecule is COc1ccc(NC(=O)c2ccc(-c3cccc(CC#N)c3)cc2)cc1C1(C#N)CCN(C(C)C)CC1. The molecule has 0 bridgehead atoms. The summed E-state index contributed by atoms with van der Waals surface area (Å²) in [7, 11) is 1.61. The molecule has 1 saturated heterocycles. The Balaban J connectivity index is 1.53. The number of ether oxygens (including phenoxy) is 1. The smallest absolute Gasteiger partial charge is 0.255 e. The molecule has 4 rings (SSSR count). The first-order valence-corrected chi connectivity index (χ1v) is 12.6. The molecular weight excluding hydrogens is 460 g/mol. The average molecular weight is 493 g/mol. The molecule has 0 aromatic heterocycles. The summed E-state index contributed by atoms with van der Waals surface area (Å²) in [6.45, 7) is 6.04. The zero-order valence-corrected chi connectivity index (χ0v) is 21.6. The Morgan fingerprint density at radius 2 is 1.76 bits per heavy atom. The van der Waals surface area contributed by atoms with Gasteiger partial charge in [0, 0.05) is 35.9 Å². The maximum absolute atomic E-state index is 13.1. The number of likely N-dealkylation sites (tertiary alicyclic amines) is 1. The number of carbonyl (C=O) groups is 1. The molecule has 1 heterocycles. The summed E-state index contributed by atoms with van der Waals surface area (Å²) in [6, 6.07) is 26.0. The van der Waals surface area contributed by atoms with Crippen molar-refractivity contribution in [2.75, 3.05) is 25.5 Å². The summed E-state index contributed by atoms with van der Waals surface area (Å²) >= 11 is 0. The number of nitrogens with zero attached hydrogens (tertiary/aromatic N) is 3. The van der Waals surface area contributed by atoms with E-state index in [1.807, 2.05) is 54.6 Å². The van der Waals surface area contributed by atoms with Gasteiger partial charge in [0.1, 0.15) is 5.75 Å². The number of hydrogen-bond acceptors (Lipinski definition) is 5. The molecule has 3 aromatic rings. The van der Waals surface area contributed by atoms with Crippen LogP contribution in [0.1, 0.15) is 48.2 Å². The van der Waals surface area contributed by atoms with Gasteiger partial charge < -0.3 is 15.0 Å². The van der Waals surface area contributed by atoms with Gasteiger partial charge in [0.15, 0.2) is 0 Å². The topological polar surface area (TPSA) is 89.1 Å². The lowest BCUT2D eigenvalue weighted by molar-refractivity contribution is 0.102. The van der Waals surface area contributed by atoms with Gasteiger partial charge in [-0.2, -0.15) is 10.5 Å². The first-order chi connectivity index (χ1) is 17.9. The summed E-state index contributed by atoms with van der Waals surface area (Å²) < 4.78 is 5.63. The molecule has 6 heteroatoms. The van der Waals surface area contributed by atoms with Crippen LogP contribution in [-0.2, 0) is 11.8 Å². The molecular formula is C31H32N4O2. The van der Waals surface area contributed by atoms with Gasteiger partial charge in [-0.25, -0.2) is 0 Å². The van der Waals surface area contributed by atoms with Gasteiger partial charge in [-0.15, -0.1) is 0 Å². The fourth-order valence-electron chi connectivity index (χ4n) is 4.99. The molecule has 188 valence electrons. The van der Waals surface area contributed by atoms with E-state index in [9.17, 15) is 10.1 Å². The average Bonchev–Trinajstić information content (AvgIpc) is 2.93. The van der Waals surface area contributed by atoms with E-state index in [2.05, 4.69) is 36.2 Å². The lowest BCUT2D eigenvalue weighted by Crippen LogP contribution is -2.44. The molecule has 6 nitrogen and oxygen atoms in total. The summed E-state index contributed by atoms with van der Waals surface area (Å²) in [6.07, 6.45) is 1.79. The number of anilines is 1. The molecule has 1 aliphatic heterocycles. The predicted molar refractivity (Wildman–Crippen MR) is 145 cm³/mol. The van der Waals surface area contributed by atoms with Crippen LogP contribution in [-0.4, -0.2) is 37.0 Å². The van der Waals surface area contributed by atoms with Crippen LogP contribution in [0.25, 0.3) is 11.1 Å². The van der Waals surface area contributed by atoms with Crippen molar-refractivity contribution in [1.29, 1.82) is 10.5 Å². The second-order valence-corrected chi connectivity index (χ2v) is 9.81. The number of carbonyl (C=O) groups excluding carboxylic acids is 1. The van der Waals surface area contributed by atoms with E-state index in [0.29, 0.717) is 42.3 Å². The van der Waals surface area contributed by atoms with Crippen LogP contribution in [0.2, 0.25) is 0 Å². The monoisotopic (exact) mass is 492 g/mol. The summed E-state index contributed by atoms with van der Waals surface area (Å²) in [4.78, 5) is 15.4. The molecule has 1 aliphatic rings. The van der Waals surface area contributed by atoms with E-state index >= 15 is 0 Å². The molecule has 37 heavy (non-hydrogen) atoms. The molecule has 0 radical (unpaired) electrons. The third kappa shape index (κ3) is 5.66. The van der Waals surface area contributed by atoms with Crippen molar-refractivity contribution in [3.05, 3.63) is 83.4 Å². The maximum atomic E-state index is 13.1. The largest absolute Gasteiger partial charge is 0.496 e. The Labute approximate surface area is 219 Å². The highest BCUT2D eigenvalue weighted by Gasteiger charge is 2.39. The van der Waals surface area contributed by atoms with Crippen molar-refractivity contribution in [3.63, 3.8) is 0 Å². The van der Waals surface area contributed by atoms with Crippen molar-refractivity contribution in [2.24, 2.45) is 0 Å². The van der Waals surface area contributed by atoms with E-state index < -0.39 is 5.41 Å². The quantitative estimate of drug-likeness (QED) is 0.440. The number of nitrogens with one attached hydrogen (secondary N) is 1. The van der Waals surface area contributed by atoms with Crippen LogP contribution >= 0.6 is 0 Å². The number of rotatable bonds is 7. The molecule has 0 aliphatic carbocycles. The molecule has 3 aromatic carbocycles. The van der Waals surface area contributed by atoms with Crippen molar-refractivity contribution in [3.8, 4) is 29.0 Å². The van der Waals surface area contributed by atoms with Gasteiger partial charge in [0.25, 0.3) is 5.91 Å². The van der Waals surface area contributed by atoms with E-state index in [1.54, 1.807) is 19.2 Å². The summed E-state index contributed by atoms with van der Waals surface area (Å²) in [5.41, 5.74) is 4.29. The normalized spacial score (nSPS) is 15.0. The first kappa shape index (κ1) is 25.9. The molecule has 0 atom stereocenters. The minimum Gasteiger partial charge on any atom is -0.496 e. The van der Waals surface area contributed by atoms with E-state index in [4.69, 9.17) is 10.00 Å². The fourth-order valence-corrected chi connectivity index (χ4v) is 4.99. The van der Waals surface area contributed by atoms with Gasteiger partial charge in [-0.05, 0) is 73.7 Å². The number of benzene rings is 3. The van der Waals surface area contributed by atoms with Crippen molar-refractivity contribution in [1.82, 2.24) is 4.90 Å².